The number of anilines is 1. The Kier molecular flexibility index (Phi) is 4.66. The van der Waals surface area contributed by atoms with Crippen molar-refractivity contribution in [3.8, 4) is 0 Å². The molecule has 0 bridgehead atoms. The molecule has 140 valence electrons. The second-order valence-corrected chi connectivity index (χ2v) is 6.84. The number of amides is 2. The highest BCUT2D eigenvalue weighted by atomic mass is 19.1. The molecule has 0 radical (unpaired) electrons. The van der Waals surface area contributed by atoms with Crippen LogP contribution >= 0.6 is 0 Å². The predicted octanol–water partition coefficient (Wildman–Crippen LogP) is 3.04. The first kappa shape index (κ1) is 17.3. The highest BCUT2D eigenvalue weighted by Crippen LogP contribution is 2.19. The highest BCUT2D eigenvalue weighted by Gasteiger charge is 2.22. The van der Waals surface area contributed by atoms with Gasteiger partial charge in [0, 0.05) is 32.7 Å². The third-order valence-corrected chi connectivity index (χ3v) is 4.85. The Bertz CT molecular complexity index is 945. The van der Waals surface area contributed by atoms with Gasteiger partial charge in [0.25, 0.3) is 0 Å². The molecule has 1 aliphatic heterocycles. The Morgan fingerprint density at radius 2 is 1.89 bits per heavy atom. The van der Waals surface area contributed by atoms with E-state index in [4.69, 9.17) is 0 Å². The average Bonchev–Trinajstić information content (AvgIpc) is 3.10. The molecule has 6 nitrogen and oxygen atoms in total. The molecule has 0 atom stereocenters. The van der Waals surface area contributed by atoms with Crippen LogP contribution in [0.15, 0.2) is 42.5 Å². The lowest BCUT2D eigenvalue weighted by Crippen LogP contribution is -2.52. The number of hydrogen-bond acceptors (Lipinski definition) is 3. The molecule has 7 heteroatoms. The van der Waals surface area contributed by atoms with Crippen LogP contribution in [0.25, 0.3) is 11.0 Å². The van der Waals surface area contributed by atoms with Gasteiger partial charge in [0.05, 0.1) is 11.0 Å². The summed E-state index contributed by atoms with van der Waals surface area (Å²) in [7, 11) is 0. The number of aromatic nitrogens is 2. The molecule has 2 aromatic carbocycles. The summed E-state index contributed by atoms with van der Waals surface area (Å²) in [5.41, 5.74) is 4.06. The van der Waals surface area contributed by atoms with Gasteiger partial charge in [-0.1, -0.05) is 18.2 Å². The molecule has 2 amide bonds. The fourth-order valence-electron chi connectivity index (χ4n) is 3.27. The van der Waals surface area contributed by atoms with Gasteiger partial charge in [0.2, 0.25) is 5.95 Å². The van der Waals surface area contributed by atoms with E-state index in [0.717, 1.165) is 35.6 Å². The van der Waals surface area contributed by atoms with Crippen LogP contribution in [0.3, 0.4) is 0 Å². The molecular weight excluding hydrogens is 345 g/mol. The molecule has 0 unspecified atom stereocenters. The number of fused-ring (bicyclic) bond motifs is 1. The number of hydrogen-bond donors (Lipinski definition) is 2. The largest absolute Gasteiger partial charge is 0.339 e. The number of carbonyl (C=O) groups is 1. The summed E-state index contributed by atoms with van der Waals surface area (Å²) in [6.07, 6.45) is 0. The molecule has 1 saturated heterocycles. The van der Waals surface area contributed by atoms with E-state index < -0.39 is 0 Å². The maximum atomic E-state index is 12.9. The Balaban J connectivity index is 1.32. The summed E-state index contributed by atoms with van der Waals surface area (Å²) >= 11 is 0. The number of imidazole rings is 1. The number of aromatic amines is 1. The van der Waals surface area contributed by atoms with Crippen molar-refractivity contribution in [1.82, 2.24) is 20.2 Å². The summed E-state index contributed by atoms with van der Waals surface area (Å²) in [6.45, 7) is 5.16. The van der Waals surface area contributed by atoms with Crippen LogP contribution < -0.4 is 10.2 Å². The first-order valence-electron chi connectivity index (χ1n) is 9.07. The van der Waals surface area contributed by atoms with E-state index in [9.17, 15) is 9.18 Å². The van der Waals surface area contributed by atoms with E-state index in [1.54, 1.807) is 17.0 Å². The SMILES string of the molecule is Cc1ccc2nc(N3CCN(C(=O)NCc4ccc(F)cc4)CC3)[nH]c2c1. The van der Waals surface area contributed by atoms with Gasteiger partial charge in [-0.05, 0) is 42.3 Å². The predicted molar refractivity (Wildman–Crippen MR) is 103 cm³/mol. The van der Waals surface area contributed by atoms with Crippen LogP contribution in [-0.2, 0) is 6.54 Å². The summed E-state index contributed by atoms with van der Waals surface area (Å²) in [5.74, 6) is 0.573. The fraction of sp³-hybridized carbons (Fsp3) is 0.300. The number of halogens is 1. The van der Waals surface area contributed by atoms with Gasteiger partial charge >= 0.3 is 6.03 Å². The second kappa shape index (κ2) is 7.26. The molecule has 27 heavy (non-hydrogen) atoms. The summed E-state index contributed by atoms with van der Waals surface area (Å²) < 4.78 is 12.9. The Hall–Kier alpha value is -3.09. The van der Waals surface area contributed by atoms with Gasteiger partial charge in [-0.25, -0.2) is 14.2 Å². The first-order chi connectivity index (χ1) is 13.1. The van der Waals surface area contributed by atoms with Crippen molar-refractivity contribution in [3.63, 3.8) is 0 Å². The average molecular weight is 367 g/mol. The number of aryl methyl sites for hydroxylation is 1. The van der Waals surface area contributed by atoms with Crippen LogP contribution in [0, 0.1) is 12.7 Å². The number of rotatable bonds is 3. The summed E-state index contributed by atoms with van der Waals surface area (Å²) in [4.78, 5) is 24.3. The van der Waals surface area contributed by atoms with Crippen LogP contribution in [0.4, 0.5) is 15.1 Å². The summed E-state index contributed by atoms with van der Waals surface area (Å²) in [5, 5.41) is 2.89. The molecule has 4 rings (SSSR count). The third kappa shape index (κ3) is 3.86. The number of piperazine rings is 1. The van der Waals surface area contributed by atoms with E-state index >= 15 is 0 Å². The van der Waals surface area contributed by atoms with Crippen molar-refractivity contribution in [2.24, 2.45) is 0 Å². The third-order valence-electron chi connectivity index (χ3n) is 4.85. The Morgan fingerprint density at radius 3 is 2.63 bits per heavy atom. The quantitative estimate of drug-likeness (QED) is 0.748. The molecule has 0 spiro atoms. The molecule has 1 fully saturated rings. The van der Waals surface area contributed by atoms with Crippen LogP contribution in [0.1, 0.15) is 11.1 Å². The first-order valence-corrected chi connectivity index (χ1v) is 9.07. The maximum Gasteiger partial charge on any atom is 0.317 e. The molecule has 1 aromatic heterocycles. The lowest BCUT2D eigenvalue weighted by atomic mass is 10.2. The van der Waals surface area contributed by atoms with E-state index in [2.05, 4.69) is 39.2 Å². The van der Waals surface area contributed by atoms with E-state index in [1.165, 1.54) is 17.7 Å². The van der Waals surface area contributed by atoms with Crippen molar-refractivity contribution in [3.05, 3.63) is 59.4 Å². The monoisotopic (exact) mass is 367 g/mol. The Labute approximate surface area is 157 Å². The standard InChI is InChI=1S/C20H22FN5O/c1-14-2-7-17-18(12-14)24-19(23-17)25-8-10-26(11-9-25)20(27)22-13-15-3-5-16(21)6-4-15/h2-7,12H,8-11,13H2,1H3,(H,22,27)(H,23,24). The maximum absolute atomic E-state index is 12.9. The van der Waals surface area contributed by atoms with Gasteiger partial charge in [-0.2, -0.15) is 0 Å². The minimum absolute atomic E-state index is 0.0980. The van der Waals surface area contributed by atoms with Crippen molar-refractivity contribution < 1.29 is 9.18 Å². The molecule has 2 N–H and O–H groups in total. The minimum Gasteiger partial charge on any atom is -0.339 e. The molecule has 1 aliphatic rings. The zero-order valence-corrected chi connectivity index (χ0v) is 15.2. The van der Waals surface area contributed by atoms with Crippen molar-refractivity contribution in [2.45, 2.75) is 13.5 Å². The normalized spacial score (nSPS) is 14.6. The minimum atomic E-state index is -0.276. The van der Waals surface area contributed by atoms with Gasteiger partial charge in [0.1, 0.15) is 5.82 Å². The number of urea groups is 1. The lowest BCUT2D eigenvalue weighted by Gasteiger charge is -2.34. The van der Waals surface area contributed by atoms with Gasteiger partial charge < -0.3 is 20.1 Å². The Morgan fingerprint density at radius 1 is 1.15 bits per heavy atom. The van der Waals surface area contributed by atoms with E-state index in [-0.39, 0.29) is 11.8 Å². The molecule has 2 heterocycles. The zero-order chi connectivity index (χ0) is 18.8. The second-order valence-electron chi connectivity index (χ2n) is 6.84. The van der Waals surface area contributed by atoms with Gasteiger partial charge in [-0.3, -0.25) is 0 Å². The van der Waals surface area contributed by atoms with Crippen LogP contribution in [0.2, 0.25) is 0 Å². The van der Waals surface area contributed by atoms with E-state index in [0.29, 0.717) is 19.6 Å². The van der Waals surface area contributed by atoms with Crippen LogP contribution in [-0.4, -0.2) is 47.1 Å². The van der Waals surface area contributed by atoms with Gasteiger partial charge in [0.15, 0.2) is 0 Å². The van der Waals surface area contributed by atoms with Gasteiger partial charge in [-0.15, -0.1) is 0 Å². The lowest BCUT2D eigenvalue weighted by molar-refractivity contribution is 0.193. The molecule has 0 saturated carbocycles. The molecule has 3 aromatic rings. The molecule has 0 aliphatic carbocycles. The smallest absolute Gasteiger partial charge is 0.317 e. The fourth-order valence-corrected chi connectivity index (χ4v) is 3.27. The number of H-pyrrole nitrogens is 1. The zero-order valence-electron chi connectivity index (χ0n) is 15.2. The number of nitrogens with one attached hydrogen (secondary N) is 2. The van der Waals surface area contributed by atoms with Crippen molar-refractivity contribution in [1.29, 1.82) is 0 Å². The highest BCUT2D eigenvalue weighted by molar-refractivity contribution is 5.78. The van der Waals surface area contributed by atoms with Crippen molar-refractivity contribution in [2.75, 3.05) is 31.1 Å². The number of benzene rings is 2. The van der Waals surface area contributed by atoms with Crippen molar-refractivity contribution >= 4 is 23.0 Å². The molecular formula is C20H22FN5O. The van der Waals surface area contributed by atoms with E-state index in [1.807, 2.05) is 6.07 Å². The number of nitrogens with zero attached hydrogens (tertiary/aromatic N) is 3. The van der Waals surface area contributed by atoms with Crippen LogP contribution in [0.5, 0.6) is 0 Å². The topological polar surface area (TPSA) is 64.3 Å². The number of carbonyl (C=O) groups excluding carboxylic acids is 1. The summed E-state index contributed by atoms with van der Waals surface area (Å²) in [6, 6.07) is 12.2.